The summed E-state index contributed by atoms with van der Waals surface area (Å²) in [4.78, 5) is 25.9. The number of fused-ring (bicyclic) bond motifs is 1. The number of ether oxygens (including phenoxy) is 1. The van der Waals surface area contributed by atoms with E-state index in [0.717, 1.165) is 6.42 Å². The van der Waals surface area contributed by atoms with Crippen LogP contribution in [0.1, 0.15) is 30.3 Å². The molecule has 0 radical (unpaired) electrons. The number of nitrogens with zero attached hydrogens (tertiary/aromatic N) is 1. The Hall–Kier alpha value is -1.44. The molecule has 1 aromatic rings. The van der Waals surface area contributed by atoms with Crippen LogP contribution in [0.25, 0.3) is 0 Å². The van der Waals surface area contributed by atoms with Crippen LogP contribution in [0, 0.1) is 0 Å². The van der Waals surface area contributed by atoms with Crippen LogP contribution >= 0.6 is 0 Å². The van der Waals surface area contributed by atoms with Gasteiger partial charge in [0.25, 0.3) is 5.56 Å². The van der Waals surface area contributed by atoms with Crippen molar-refractivity contribution in [1.29, 1.82) is 0 Å². The van der Waals surface area contributed by atoms with E-state index >= 15 is 0 Å². The van der Waals surface area contributed by atoms with Crippen molar-refractivity contribution in [3.8, 4) is 0 Å². The molecule has 0 aromatic carbocycles. The van der Waals surface area contributed by atoms with Crippen LogP contribution in [0.15, 0.2) is 9.59 Å². The summed E-state index contributed by atoms with van der Waals surface area (Å²) in [5.74, 6) is 0. The molecule has 2 aliphatic rings. The van der Waals surface area contributed by atoms with Crippen molar-refractivity contribution in [2.75, 3.05) is 6.61 Å². The molecule has 7 heteroatoms. The lowest BCUT2D eigenvalue weighted by molar-refractivity contribution is -0.0467. The molecular formula is C12H16N2O5. The van der Waals surface area contributed by atoms with Crippen LogP contribution in [-0.2, 0) is 17.6 Å². The monoisotopic (exact) mass is 268 g/mol. The van der Waals surface area contributed by atoms with Crippen molar-refractivity contribution in [3.63, 3.8) is 0 Å². The Morgan fingerprint density at radius 2 is 2.16 bits per heavy atom. The maximum absolute atomic E-state index is 12.0. The molecule has 0 amide bonds. The molecule has 3 N–H and O–H groups in total. The topological polar surface area (TPSA) is 105 Å². The molecule has 1 aliphatic heterocycles. The van der Waals surface area contributed by atoms with E-state index in [0.29, 0.717) is 24.1 Å². The van der Waals surface area contributed by atoms with Crippen LogP contribution in [0.3, 0.4) is 0 Å². The Bertz CT molecular complexity index is 605. The molecule has 0 saturated carbocycles. The summed E-state index contributed by atoms with van der Waals surface area (Å²) in [6.07, 6.45) is 0.289. The first-order valence-corrected chi connectivity index (χ1v) is 6.42. The lowest BCUT2D eigenvalue weighted by Gasteiger charge is -2.18. The SMILES string of the molecule is O=c1[nH]c(=O)n([C@H]2C[C@H](O)[C@@H](CO)O2)c2c1CCC2. The predicted octanol–water partition coefficient (Wildman–Crippen LogP) is -1.33. The molecule has 3 rings (SSSR count). The molecule has 0 spiro atoms. The van der Waals surface area contributed by atoms with Crippen LogP contribution < -0.4 is 11.2 Å². The van der Waals surface area contributed by atoms with Crippen molar-refractivity contribution in [1.82, 2.24) is 9.55 Å². The van der Waals surface area contributed by atoms with Crippen molar-refractivity contribution >= 4 is 0 Å². The lowest BCUT2D eigenvalue weighted by atomic mass is 10.2. The summed E-state index contributed by atoms with van der Waals surface area (Å²) in [6, 6.07) is 0. The first kappa shape index (κ1) is 12.6. The number of rotatable bonds is 2. The maximum atomic E-state index is 12.0. The van der Waals surface area contributed by atoms with Crippen molar-refractivity contribution in [2.45, 2.75) is 44.1 Å². The number of aliphatic hydroxyl groups is 2. The summed E-state index contributed by atoms with van der Waals surface area (Å²) < 4.78 is 6.92. The van der Waals surface area contributed by atoms with Gasteiger partial charge >= 0.3 is 5.69 Å². The largest absolute Gasteiger partial charge is 0.394 e. The highest BCUT2D eigenvalue weighted by Crippen LogP contribution is 2.30. The van der Waals surface area contributed by atoms with E-state index in [2.05, 4.69) is 4.98 Å². The van der Waals surface area contributed by atoms with Gasteiger partial charge in [0.15, 0.2) is 0 Å². The standard InChI is InChI=1S/C12H16N2O5/c15-5-9-8(16)4-10(19-9)14-7-3-1-2-6(7)11(17)13-12(14)18/h8-10,15-16H,1-5H2,(H,13,17,18)/t8-,9+,10+/m0/s1. The van der Waals surface area contributed by atoms with Crippen LogP contribution in [-0.4, -0.2) is 38.6 Å². The zero-order valence-corrected chi connectivity index (χ0v) is 10.3. The van der Waals surface area contributed by atoms with Gasteiger partial charge in [0, 0.05) is 17.7 Å². The lowest BCUT2D eigenvalue weighted by Crippen LogP contribution is -2.36. The van der Waals surface area contributed by atoms with Gasteiger partial charge in [0.2, 0.25) is 0 Å². The molecule has 7 nitrogen and oxygen atoms in total. The molecule has 104 valence electrons. The van der Waals surface area contributed by atoms with Crippen molar-refractivity contribution < 1.29 is 14.9 Å². The number of nitrogens with one attached hydrogen (secondary N) is 1. The van der Waals surface area contributed by atoms with Gasteiger partial charge in [0.1, 0.15) is 12.3 Å². The average Bonchev–Trinajstić information content (AvgIpc) is 2.96. The van der Waals surface area contributed by atoms with Crippen molar-refractivity contribution in [3.05, 3.63) is 32.1 Å². The van der Waals surface area contributed by atoms with Gasteiger partial charge in [0.05, 0.1) is 12.7 Å². The summed E-state index contributed by atoms with van der Waals surface area (Å²) >= 11 is 0. The van der Waals surface area contributed by atoms with E-state index in [1.807, 2.05) is 0 Å². The number of hydrogen-bond donors (Lipinski definition) is 3. The Kier molecular flexibility index (Phi) is 3.04. The second-order valence-electron chi connectivity index (χ2n) is 5.02. The molecule has 0 bridgehead atoms. The number of H-pyrrole nitrogens is 1. The Morgan fingerprint density at radius 1 is 1.37 bits per heavy atom. The van der Waals surface area contributed by atoms with Gasteiger partial charge in [-0.05, 0) is 19.3 Å². The second kappa shape index (κ2) is 4.59. The van der Waals surface area contributed by atoms with Gasteiger partial charge in [-0.3, -0.25) is 14.3 Å². The zero-order valence-electron chi connectivity index (χ0n) is 10.3. The fraction of sp³-hybridized carbons (Fsp3) is 0.667. The molecule has 2 heterocycles. The van der Waals surface area contributed by atoms with E-state index in [1.54, 1.807) is 0 Å². The molecule has 1 saturated heterocycles. The summed E-state index contributed by atoms with van der Waals surface area (Å²) in [5.41, 5.74) is 0.488. The van der Waals surface area contributed by atoms with Crippen LogP contribution in [0.5, 0.6) is 0 Å². The molecule has 19 heavy (non-hydrogen) atoms. The highest BCUT2D eigenvalue weighted by atomic mass is 16.5. The molecule has 3 atom stereocenters. The third-order valence-electron chi connectivity index (χ3n) is 3.86. The minimum absolute atomic E-state index is 0.240. The van der Waals surface area contributed by atoms with Crippen LogP contribution in [0.2, 0.25) is 0 Å². The fourth-order valence-electron chi connectivity index (χ4n) is 2.94. The van der Waals surface area contributed by atoms with Gasteiger partial charge in [-0.1, -0.05) is 0 Å². The predicted molar refractivity (Wildman–Crippen MR) is 65.0 cm³/mol. The third kappa shape index (κ3) is 1.94. The zero-order chi connectivity index (χ0) is 13.6. The van der Waals surface area contributed by atoms with E-state index in [1.165, 1.54) is 4.57 Å². The Morgan fingerprint density at radius 3 is 2.84 bits per heavy atom. The number of aromatic nitrogens is 2. The number of aliphatic hydroxyl groups excluding tert-OH is 2. The fourth-order valence-corrected chi connectivity index (χ4v) is 2.94. The quantitative estimate of drug-likeness (QED) is 0.616. The normalized spacial score (nSPS) is 29.7. The first-order chi connectivity index (χ1) is 9.11. The highest BCUT2D eigenvalue weighted by molar-refractivity contribution is 5.23. The molecule has 1 fully saturated rings. The number of aromatic amines is 1. The van der Waals surface area contributed by atoms with Gasteiger partial charge < -0.3 is 14.9 Å². The van der Waals surface area contributed by atoms with Crippen LogP contribution in [0.4, 0.5) is 0 Å². The van der Waals surface area contributed by atoms with Crippen molar-refractivity contribution in [2.24, 2.45) is 0 Å². The van der Waals surface area contributed by atoms with Gasteiger partial charge in [-0.2, -0.15) is 0 Å². The average molecular weight is 268 g/mol. The molecule has 1 aliphatic carbocycles. The van der Waals surface area contributed by atoms with E-state index < -0.39 is 24.1 Å². The van der Waals surface area contributed by atoms with E-state index in [-0.39, 0.29) is 18.6 Å². The molecule has 1 aromatic heterocycles. The summed E-state index contributed by atoms with van der Waals surface area (Å²) in [7, 11) is 0. The first-order valence-electron chi connectivity index (χ1n) is 6.42. The third-order valence-corrected chi connectivity index (χ3v) is 3.86. The second-order valence-corrected chi connectivity index (χ2v) is 5.02. The minimum atomic E-state index is -0.800. The van der Waals surface area contributed by atoms with Gasteiger partial charge in [-0.15, -0.1) is 0 Å². The molecule has 0 unspecified atom stereocenters. The molecular weight excluding hydrogens is 252 g/mol. The summed E-state index contributed by atoms with van der Waals surface area (Å²) in [5, 5.41) is 18.8. The van der Waals surface area contributed by atoms with E-state index in [4.69, 9.17) is 9.84 Å². The minimum Gasteiger partial charge on any atom is -0.394 e. The summed E-state index contributed by atoms with van der Waals surface area (Å²) in [6.45, 7) is -0.294. The van der Waals surface area contributed by atoms with E-state index in [9.17, 15) is 14.7 Å². The Balaban J connectivity index is 2.05. The Labute approximate surface area is 108 Å². The smallest absolute Gasteiger partial charge is 0.330 e. The maximum Gasteiger partial charge on any atom is 0.330 e. The highest BCUT2D eigenvalue weighted by Gasteiger charge is 2.37. The number of hydrogen-bond acceptors (Lipinski definition) is 5. The van der Waals surface area contributed by atoms with Gasteiger partial charge in [-0.25, -0.2) is 4.79 Å².